The highest BCUT2D eigenvalue weighted by Gasteiger charge is 2.26. The quantitative estimate of drug-likeness (QED) is 0.812. The van der Waals surface area contributed by atoms with Crippen molar-refractivity contribution in [3.05, 3.63) is 36.1 Å². The molecule has 2 aromatic rings. The summed E-state index contributed by atoms with van der Waals surface area (Å²) >= 11 is 0. The van der Waals surface area contributed by atoms with Crippen molar-refractivity contribution in [3.8, 4) is 5.88 Å². The normalized spacial score (nSPS) is 18.0. The molecule has 3 rings (SSSR count). The van der Waals surface area contributed by atoms with E-state index in [1.807, 2.05) is 0 Å². The van der Waals surface area contributed by atoms with Crippen molar-refractivity contribution < 1.29 is 18.8 Å². The Kier molecular flexibility index (Phi) is 4.82. The smallest absolute Gasteiger partial charge is 0.254 e. The van der Waals surface area contributed by atoms with Crippen molar-refractivity contribution in [2.24, 2.45) is 0 Å². The summed E-state index contributed by atoms with van der Waals surface area (Å²) in [6.07, 6.45) is 5.51. The Morgan fingerprint density at radius 3 is 3.13 bits per heavy atom. The minimum absolute atomic E-state index is 0.0533. The number of carbonyl (C=O) groups is 1. The number of morpholine rings is 1. The van der Waals surface area contributed by atoms with Gasteiger partial charge in [-0.15, -0.1) is 0 Å². The van der Waals surface area contributed by atoms with Crippen LogP contribution in [0, 0.1) is 0 Å². The van der Waals surface area contributed by atoms with Crippen molar-refractivity contribution >= 4 is 5.91 Å². The average molecular weight is 318 g/mol. The molecule has 2 aromatic heterocycles. The zero-order valence-corrected chi connectivity index (χ0v) is 12.8. The zero-order valence-electron chi connectivity index (χ0n) is 12.8. The second-order valence-corrected chi connectivity index (χ2v) is 5.17. The van der Waals surface area contributed by atoms with Crippen LogP contribution in [0.5, 0.6) is 5.88 Å². The molecular weight excluding hydrogens is 300 g/mol. The van der Waals surface area contributed by atoms with Crippen LogP contribution in [0.3, 0.4) is 0 Å². The number of methoxy groups -OCH3 is 1. The van der Waals surface area contributed by atoms with Crippen LogP contribution in [0.25, 0.3) is 0 Å². The fourth-order valence-corrected chi connectivity index (χ4v) is 2.43. The van der Waals surface area contributed by atoms with Gasteiger partial charge in [0.1, 0.15) is 11.9 Å². The lowest BCUT2D eigenvalue weighted by molar-refractivity contribution is -0.139. The topological polar surface area (TPSA) is 90.6 Å². The van der Waals surface area contributed by atoms with Gasteiger partial charge in [-0.25, -0.2) is 0 Å². The maximum absolute atomic E-state index is 12.4. The van der Waals surface area contributed by atoms with Gasteiger partial charge in [0.05, 0.1) is 32.2 Å². The van der Waals surface area contributed by atoms with Crippen LogP contribution in [0.2, 0.25) is 0 Å². The van der Waals surface area contributed by atoms with Gasteiger partial charge in [-0.2, -0.15) is 0 Å². The SMILES string of the molecule is COc1cc(CCC(=O)N2CCOC(c3cnccn3)C2)on1. The Bertz CT molecular complexity index is 646. The van der Waals surface area contributed by atoms with Crippen molar-refractivity contribution in [1.82, 2.24) is 20.0 Å². The number of amides is 1. The molecule has 1 fully saturated rings. The molecule has 1 saturated heterocycles. The molecule has 1 aliphatic heterocycles. The van der Waals surface area contributed by atoms with Gasteiger partial charge in [-0.3, -0.25) is 14.8 Å². The summed E-state index contributed by atoms with van der Waals surface area (Å²) in [5, 5.41) is 3.72. The second kappa shape index (κ2) is 7.19. The predicted molar refractivity (Wildman–Crippen MR) is 78.7 cm³/mol. The Hall–Kier alpha value is -2.48. The Balaban J connectivity index is 1.54. The molecule has 1 atom stereocenters. The molecule has 1 amide bonds. The standard InChI is InChI=1S/C15H18N4O4/c1-21-14-8-11(23-18-14)2-3-15(20)19-6-7-22-13(10-19)12-9-16-4-5-17-12/h4-5,8-9,13H,2-3,6-7,10H2,1H3. The fourth-order valence-electron chi connectivity index (χ4n) is 2.43. The minimum Gasteiger partial charge on any atom is -0.479 e. The number of rotatable bonds is 5. The monoisotopic (exact) mass is 318 g/mol. The summed E-state index contributed by atoms with van der Waals surface area (Å²) in [4.78, 5) is 22.4. The third-order valence-electron chi connectivity index (χ3n) is 3.66. The van der Waals surface area contributed by atoms with E-state index in [0.29, 0.717) is 44.2 Å². The first-order valence-corrected chi connectivity index (χ1v) is 7.41. The summed E-state index contributed by atoms with van der Waals surface area (Å²) in [6.45, 7) is 1.55. The van der Waals surface area contributed by atoms with Crippen LogP contribution in [-0.2, 0) is 16.0 Å². The van der Waals surface area contributed by atoms with Crippen LogP contribution < -0.4 is 4.74 Å². The summed E-state index contributed by atoms with van der Waals surface area (Å²) in [6, 6.07) is 1.69. The molecule has 0 aromatic carbocycles. The van der Waals surface area contributed by atoms with Gasteiger partial charge in [0.2, 0.25) is 5.91 Å². The van der Waals surface area contributed by atoms with Crippen LogP contribution in [0.15, 0.2) is 29.2 Å². The molecular formula is C15H18N4O4. The van der Waals surface area contributed by atoms with E-state index in [9.17, 15) is 4.79 Å². The molecule has 23 heavy (non-hydrogen) atoms. The van der Waals surface area contributed by atoms with E-state index in [2.05, 4.69) is 15.1 Å². The van der Waals surface area contributed by atoms with E-state index >= 15 is 0 Å². The molecule has 0 bridgehead atoms. The van der Waals surface area contributed by atoms with Crippen molar-refractivity contribution in [2.75, 3.05) is 26.8 Å². The van der Waals surface area contributed by atoms with E-state index in [1.54, 1.807) is 29.6 Å². The molecule has 122 valence electrons. The molecule has 8 heteroatoms. The number of aromatic nitrogens is 3. The molecule has 3 heterocycles. The van der Waals surface area contributed by atoms with Gasteiger partial charge in [-0.1, -0.05) is 0 Å². The molecule has 8 nitrogen and oxygen atoms in total. The van der Waals surface area contributed by atoms with E-state index in [0.717, 1.165) is 5.69 Å². The fraction of sp³-hybridized carbons (Fsp3) is 0.467. The van der Waals surface area contributed by atoms with Crippen LogP contribution >= 0.6 is 0 Å². The molecule has 0 spiro atoms. The Morgan fingerprint density at radius 1 is 1.48 bits per heavy atom. The number of hydrogen-bond acceptors (Lipinski definition) is 7. The summed E-state index contributed by atoms with van der Waals surface area (Å²) in [5.41, 5.74) is 0.741. The summed E-state index contributed by atoms with van der Waals surface area (Å²) in [7, 11) is 1.52. The van der Waals surface area contributed by atoms with Gasteiger partial charge < -0.3 is 18.9 Å². The minimum atomic E-state index is -0.230. The highest BCUT2D eigenvalue weighted by molar-refractivity contribution is 5.76. The molecule has 0 radical (unpaired) electrons. The predicted octanol–water partition coefficient (Wildman–Crippen LogP) is 1.01. The third-order valence-corrected chi connectivity index (χ3v) is 3.66. The first-order chi connectivity index (χ1) is 11.3. The first-order valence-electron chi connectivity index (χ1n) is 7.41. The van der Waals surface area contributed by atoms with Crippen molar-refractivity contribution in [3.63, 3.8) is 0 Å². The highest BCUT2D eigenvalue weighted by atomic mass is 16.5. The largest absolute Gasteiger partial charge is 0.479 e. The van der Waals surface area contributed by atoms with Gasteiger partial charge in [-0.05, 0) is 5.16 Å². The number of ether oxygens (including phenoxy) is 2. The van der Waals surface area contributed by atoms with Gasteiger partial charge in [0, 0.05) is 37.8 Å². The number of nitrogens with zero attached hydrogens (tertiary/aromatic N) is 4. The van der Waals surface area contributed by atoms with Crippen LogP contribution in [0.4, 0.5) is 0 Å². The summed E-state index contributed by atoms with van der Waals surface area (Å²) in [5.74, 6) is 1.10. The number of aryl methyl sites for hydroxylation is 1. The van der Waals surface area contributed by atoms with Gasteiger partial charge >= 0.3 is 0 Å². The maximum atomic E-state index is 12.4. The number of carbonyl (C=O) groups excluding carboxylic acids is 1. The second-order valence-electron chi connectivity index (χ2n) is 5.17. The van der Waals surface area contributed by atoms with Gasteiger partial charge in [0.25, 0.3) is 5.88 Å². The first kappa shape index (κ1) is 15.4. The molecule has 1 aliphatic rings. The lowest BCUT2D eigenvalue weighted by Gasteiger charge is -2.32. The maximum Gasteiger partial charge on any atom is 0.254 e. The molecule has 0 saturated carbocycles. The van der Waals surface area contributed by atoms with Crippen LogP contribution in [0.1, 0.15) is 24.0 Å². The van der Waals surface area contributed by atoms with Crippen molar-refractivity contribution in [2.45, 2.75) is 18.9 Å². The molecule has 1 unspecified atom stereocenters. The van der Waals surface area contributed by atoms with E-state index in [1.165, 1.54) is 7.11 Å². The third kappa shape index (κ3) is 3.84. The lowest BCUT2D eigenvalue weighted by atomic mass is 10.1. The van der Waals surface area contributed by atoms with E-state index < -0.39 is 0 Å². The summed E-state index contributed by atoms with van der Waals surface area (Å²) < 4.78 is 15.7. The average Bonchev–Trinajstić information content (AvgIpc) is 3.09. The van der Waals surface area contributed by atoms with Gasteiger partial charge in [0.15, 0.2) is 0 Å². The number of hydrogen-bond donors (Lipinski definition) is 0. The highest BCUT2D eigenvalue weighted by Crippen LogP contribution is 2.20. The molecule has 0 aliphatic carbocycles. The van der Waals surface area contributed by atoms with E-state index in [-0.39, 0.29) is 12.0 Å². The van der Waals surface area contributed by atoms with Crippen molar-refractivity contribution in [1.29, 1.82) is 0 Å². The van der Waals surface area contributed by atoms with E-state index in [4.69, 9.17) is 14.0 Å². The zero-order chi connectivity index (χ0) is 16.1. The Morgan fingerprint density at radius 2 is 2.39 bits per heavy atom. The lowest BCUT2D eigenvalue weighted by Crippen LogP contribution is -2.42. The molecule has 0 N–H and O–H groups in total. The Labute approximate surface area is 133 Å². The van der Waals surface area contributed by atoms with Crippen LogP contribution in [-0.4, -0.2) is 52.7 Å².